The number of nitrogens with one attached hydrogen (secondary N) is 1. The van der Waals surface area contributed by atoms with Gasteiger partial charge in [-0.2, -0.15) is 5.10 Å². The first-order valence-electron chi connectivity index (χ1n) is 5.99. The number of rotatable bonds is 4. The first-order chi connectivity index (χ1) is 10.1. The number of nitrogens with zero attached hydrogens (tertiary/aromatic N) is 1. The number of carboxylic acids is 1. The lowest BCUT2D eigenvalue weighted by atomic mass is 10.1. The Labute approximate surface area is 125 Å². The summed E-state index contributed by atoms with van der Waals surface area (Å²) in [6.07, 6.45) is 1.28. The van der Waals surface area contributed by atoms with Crippen LogP contribution in [0.1, 0.15) is 26.3 Å². The van der Waals surface area contributed by atoms with Crippen LogP contribution in [0.5, 0.6) is 0 Å². The lowest BCUT2D eigenvalue weighted by Gasteiger charge is -2.01. The van der Waals surface area contributed by atoms with Crippen LogP contribution in [0.25, 0.3) is 0 Å². The molecule has 0 fully saturated rings. The minimum atomic E-state index is -1.06. The van der Waals surface area contributed by atoms with Gasteiger partial charge in [-0.1, -0.05) is 35.9 Å². The Hall–Kier alpha value is -2.66. The highest BCUT2D eigenvalue weighted by Crippen LogP contribution is 2.10. The molecular weight excluding hydrogens is 292 g/mol. The van der Waals surface area contributed by atoms with Crippen LogP contribution in [-0.4, -0.2) is 23.2 Å². The third kappa shape index (κ3) is 3.90. The molecule has 0 aromatic heterocycles. The summed E-state index contributed by atoms with van der Waals surface area (Å²) < 4.78 is 0. The second-order valence-corrected chi connectivity index (χ2v) is 4.54. The van der Waals surface area contributed by atoms with Crippen molar-refractivity contribution in [1.82, 2.24) is 5.43 Å². The number of hydrogen-bond donors (Lipinski definition) is 2. The van der Waals surface area contributed by atoms with Gasteiger partial charge in [-0.3, -0.25) is 4.79 Å². The summed E-state index contributed by atoms with van der Waals surface area (Å²) in [4.78, 5) is 22.8. The fraction of sp³-hybridized carbons (Fsp3) is 0. The van der Waals surface area contributed by atoms with E-state index in [1.54, 1.807) is 36.4 Å². The van der Waals surface area contributed by atoms with Crippen molar-refractivity contribution in [3.63, 3.8) is 0 Å². The van der Waals surface area contributed by atoms with Crippen molar-refractivity contribution >= 4 is 29.7 Å². The molecule has 0 aliphatic heterocycles. The van der Waals surface area contributed by atoms with E-state index in [1.165, 1.54) is 18.3 Å². The fourth-order valence-electron chi connectivity index (χ4n) is 1.66. The lowest BCUT2D eigenvalue weighted by Crippen LogP contribution is -2.17. The van der Waals surface area contributed by atoms with E-state index in [9.17, 15) is 9.59 Å². The number of amides is 1. The van der Waals surface area contributed by atoms with E-state index in [4.69, 9.17) is 16.7 Å². The highest BCUT2D eigenvalue weighted by atomic mass is 35.5. The smallest absolute Gasteiger partial charge is 0.336 e. The molecule has 2 aromatic rings. The highest BCUT2D eigenvalue weighted by molar-refractivity contribution is 6.30. The monoisotopic (exact) mass is 302 g/mol. The van der Waals surface area contributed by atoms with Gasteiger partial charge in [0, 0.05) is 16.1 Å². The predicted octanol–water partition coefficient (Wildman–Crippen LogP) is 2.80. The number of hydrazone groups is 1. The third-order valence-electron chi connectivity index (χ3n) is 2.65. The highest BCUT2D eigenvalue weighted by Gasteiger charge is 2.07. The third-order valence-corrected chi connectivity index (χ3v) is 2.88. The Morgan fingerprint density at radius 2 is 1.90 bits per heavy atom. The predicted molar refractivity (Wildman–Crippen MR) is 79.9 cm³/mol. The number of carbonyl (C=O) groups is 2. The van der Waals surface area contributed by atoms with Crippen LogP contribution < -0.4 is 5.43 Å². The van der Waals surface area contributed by atoms with Gasteiger partial charge >= 0.3 is 5.97 Å². The molecule has 0 heterocycles. The Bertz CT molecular complexity index is 714. The molecule has 0 aliphatic rings. The molecule has 2 N–H and O–H groups in total. The summed E-state index contributed by atoms with van der Waals surface area (Å²) in [5, 5.41) is 13.2. The molecule has 0 atom stereocenters. The number of hydrogen-bond acceptors (Lipinski definition) is 3. The quantitative estimate of drug-likeness (QED) is 0.673. The van der Waals surface area contributed by atoms with Crippen LogP contribution in [0.2, 0.25) is 5.02 Å². The maximum absolute atomic E-state index is 11.8. The van der Waals surface area contributed by atoms with Crippen LogP contribution in [0.3, 0.4) is 0 Å². The summed E-state index contributed by atoms with van der Waals surface area (Å²) in [5.74, 6) is -1.49. The van der Waals surface area contributed by atoms with E-state index in [1.807, 2.05) is 0 Å². The standard InChI is InChI=1S/C15H11ClN2O3/c16-12-6-3-5-10(8-12)14(19)18-17-9-11-4-1-2-7-13(11)15(20)21/h1-9H,(H,18,19)(H,20,21). The topological polar surface area (TPSA) is 78.8 Å². The van der Waals surface area contributed by atoms with Gasteiger partial charge in [0.25, 0.3) is 5.91 Å². The van der Waals surface area contributed by atoms with Crippen LogP contribution in [-0.2, 0) is 0 Å². The van der Waals surface area contributed by atoms with E-state index in [0.717, 1.165) is 0 Å². The second-order valence-electron chi connectivity index (χ2n) is 4.10. The Morgan fingerprint density at radius 1 is 1.14 bits per heavy atom. The molecule has 0 spiro atoms. The van der Waals surface area contributed by atoms with E-state index >= 15 is 0 Å². The summed E-state index contributed by atoms with van der Waals surface area (Å²) in [6.45, 7) is 0. The molecule has 0 radical (unpaired) electrons. The Balaban J connectivity index is 2.09. The number of aromatic carboxylic acids is 1. The molecule has 6 heteroatoms. The Kier molecular flexibility index (Phi) is 4.68. The van der Waals surface area contributed by atoms with Gasteiger partial charge in [0.15, 0.2) is 0 Å². The van der Waals surface area contributed by atoms with Gasteiger partial charge in [0.2, 0.25) is 0 Å². The SMILES string of the molecule is O=C(NN=Cc1ccccc1C(=O)O)c1cccc(Cl)c1. The van der Waals surface area contributed by atoms with Crippen molar-refractivity contribution in [3.05, 3.63) is 70.2 Å². The van der Waals surface area contributed by atoms with Crippen LogP contribution in [0, 0.1) is 0 Å². The number of benzene rings is 2. The molecule has 1 amide bonds. The average Bonchev–Trinajstić information content (AvgIpc) is 2.47. The van der Waals surface area contributed by atoms with Crippen LogP contribution in [0.4, 0.5) is 0 Å². The molecule has 0 saturated heterocycles. The van der Waals surface area contributed by atoms with Crippen molar-refractivity contribution in [3.8, 4) is 0 Å². The molecule has 0 bridgehead atoms. The van der Waals surface area contributed by atoms with Crippen molar-refractivity contribution in [1.29, 1.82) is 0 Å². The van der Waals surface area contributed by atoms with Gasteiger partial charge in [-0.05, 0) is 24.3 Å². The maximum atomic E-state index is 11.8. The summed E-state index contributed by atoms with van der Waals surface area (Å²) in [6, 6.07) is 12.8. The van der Waals surface area contributed by atoms with Crippen molar-refractivity contribution in [2.45, 2.75) is 0 Å². The van der Waals surface area contributed by atoms with Crippen LogP contribution >= 0.6 is 11.6 Å². The molecule has 0 aliphatic carbocycles. The minimum absolute atomic E-state index is 0.109. The molecule has 21 heavy (non-hydrogen) atoms. The molecule has 5 nitrogen and oxygen atoms in total. The first-order valence-corrected chi connectivity index (χ1v) is 6.37. The molecule has 2 aromatic carbocycles. The molecule has 0 saturated carbocycles. The molecule has 2 rings (SSSR count). The average molecular weight is 303 g/mol. The zero-order chi connectivity index (χ0) is 15.2. The zero-order valence-electron chi connectivity index (χ0n) is 10.8. The van der Waals surface area contributed by atoms with Crippen LogP contribution in [0.15, 0.2) is 53.6 Å². The van der Waals surface area contributed by atoms with Gasteiger partial charge in [0.1, 0.15) is 0 Å². The maximum Gasteiger partial charge on any atom is 0.336 e. The Morgan fingerprint density at radius 3 is 2.62 bits per heavy atom. The van der Waals surface area contributed by atoms with Crippen molar-refractivity contribution < 1.29 is 14.7 Å². The second kappa shape index (κ2) is 6.67. The van der Waals surface area contributed by atoms with E-state index in [-0.39, 0.29) is 5.56 Å². The van der Waals surface area contributed by atoms with Gasteiger partial charge < -0.3 is 5.11 Å². The van der Waals surface area contributed by atoms with Gasteiger partial charge in [0.05, 0.1) is 11.8 Å². The minimum Gasteiger partial charge on any atom is -0.478 e. The number of carboxylic acid groups (broad SMARTS) is 1. The van der Waals surface area contributed by atoms with E-state index < -0.39 is 11.9 Å². The van der Waals surface area contributed by atoms with Crippen molar-refractivity contribution in [2.24, 2.45) is 5.10 Å². The van der Waals surface area contributed by atoms with Gasteiger partial charge in [-0.25, -0.2) is 10.2 Å². The molecular formula is C15H11ClN2O3. The largest absolute Gasteiger partial charge is 0.478 e. The summed E-state index contributed by atoms with van der Waals surface area (Å²) >= 11 is 5.79. The first kappa shape index (κ1) is 14.7. The van der Waals surface area contributed by atoms with E-state index in [2.05, 4.69) is 10.5 Å². The molecule has 106 valence electrons. The molecule has 0 unspecified atom stereocenters. The van der Waals surface area contributed by atoms with E-state index in [0.29, 0.717) is 16.1 Å². The summed E-state index contributed by atoms with van der Waals surface area (Å²) in [7, 11) is 0. The number of halogens is 1. The normalized spacial score (nSPS) is 10.5. The number of carbonyl (C=O) groups excluding carboxylic acids is 1. The van der Waals surface area contributed by atoms with Gasteiger partial charge in [-0.15, -0.1) is 0 Å². The zero-order valence-corrected chi connectivity index (χ0v) is 11.5. The summed E-state index contributed by atoms with van der Waals surface area (Å²) in [5.41, 5.74) is 3.20. The lowest BCUT2D eigenvalue weighted by molar-refractivity contribution is 0.0696. The van der Waals surface area contributed by atoms with Crippen molar-refractivity contribution in [2.75, 3.05) is 0 Å². The fourth-order valence-corrected chi connectivity index (χ4v) is 1.85.